The van der Waals surface area contributed by atoms with E-state index in [4.69, 9.17) is 0 Å². The summed E-state index contributed by atoms with van der Waals surface area (Å²) in [5, 5.41) is 6.00. The molecule has 0 bridgehead atoms. The Kier molecular flexibility index (Phi) is 8.13. The van der Waals surface area contributed by atoms with Crippen molar-refractivity contribution in [3.63, 3.8) is 0 Å². The number of nitrogens with one attached hydrogen (secondary N) is 2. The van der Waals surface area contributed by atoms with E-state index in [1.165, 1.54) is 0 Å². The van der Waals surface area contributed by atoms with E-state index >= 15 is 0 Å². The molecule has 2 aromatic rings. The minimum Gasteiger partial charge on any atom is -0.348 e. The van der Waals surface area contributed by atoms with Gasteiger partial charge < -0.3 is 25.3 Å². The van der Waals surface area contributed by atoms with Crippen LogP contribution in [0.15, 0.2) is 60.7 Å². The molecule has 1 unspecified atom stereocenters. The van der Waals surface area contributed by atoms with Gasteiger partial charge >= 0.3 is 6.03 Å². The fourth-order valence-electron chi connectivity index (χ4n) is 5.17. The van der Waals surface area contributed by atoms with E-state index in [2.05, 4.69) is 22.5 Å². The zero-order valence-corrected chi connectivity index (χ0v) is 21.3. The van der Waals surface area contributed by atoms with Crippen molar-refractivity contribution < 1.29 is 14.4 Å². The van der Waals surface area contributed by atoms with Crippen molar-refractivity contribution in [3.8, 4) is 0 Å². The van der Waals surface area contributed by atoms with Gasteiger partial charge in [0.2, 0.25) is 5.91 Å². The number of likely N-dealkylation sites (tertiary alicyclic amines) is 1. The molecular formula is C28H37N5O3. The second-order valence-corrected chi connectivity index (χ2v) is 9.71. The molecule has 2 aromatic carbocycles. The van der Waals surface area contributed by atoms with E-state index in [1.807, 2.05) is 67.6 Å². The molecular weight excluding hydrogens is 454 g/mol. The van der Waals surface area contributed by atoms with Gasteiger partial charge in [-0.1, -0.05) is 61.9 Å². The molecule has 0 saturated carbocycles. The number of carbonyl (C=O) groups excluding carboxylic acids is 3. The minimum atomic E-state index is -0.757. The molecule has 2 heterocycles. The lowest BCUT2D eigenvalue weighted by Gasteiger charge is -2.43. The molecule has 4 amide bonds. The highest BCUT2D eigenvalue weighted by molar-refractivity contribution is 5.96. The predicted octanol–water partition coefficient (Wildman–Crippen LogP) is 3.51. The van der Waals surface area contributed by atoms with Crippen molar-refractivity contribution >= 4 is 23.5 Å². The largest absolute Gasteiger partial charge is 0.348 e. The first kappa shape index (κ1) is 25.5. The summed E-state index contributed by atoms with van der Waals surface area (Å²) in [6.45, 7) is 6.04. The first-order chi connectivity index (χ1) is 17.4. The van der Waals surface area contributed by atoms with Gasteiger partial charge in [0.25, 0.3) is 5.91 Å². The van der Waals surface area contributed by atoms with Crippen LogP contribution in [0, 0.1) is 0 Å². The Balaban J connectivity index is 1.46. The summed E-state index contributed by atoms with van der Waals surface area (Å²) in [5.41, 5.74) is 1.21. The van der Waals surface area contributed by atoms with E-state index in [-0.39, 0.29) is 30.4 Å². The number of nitrogens with zero attached hydrogens (tertiary/aromatic N) is 3. The van der Waals surface area contributed by atoms with E-state index < -0.39 is 5.54 Å². The fraction of sp³-hybridized carbons (Fsp3) is 0.464. The molecule has 2 aliphatic heterocycles. The lowest BCUT2D eigenvalue weighted by atomic mass is 9.85. The van der Waals surface area contributed by atoms with E-state index in [0.717, 1.165) is 24.1 Å². The summed E-state index contributed by atoms with van der Waals surface area (Å²) in [4.78, 5) is 44.9. The van der Waals surface area contributed by atoms with E-state index in [9.17, 15) is 14.4 Å². The van der Waals surface area contributed by atoms with Crippen LogP contribution in [0.4, 0.5) is 10.5 Å². The smallest absolute Gasteiger partial charge is 0.317 e. The highest BCUT2D eigenvalue weighted by Gasteiger charge is 2.54. The predicted molar refractivity (Wildman–Crippen MR) is 140 cm³/mol. The van der Waals surface area contributed by atoms with Gasteiger partial charge in [-0.05, 0) is 43.9 Å². The molecule has 8 heteroatoms. The molecule has 1 atom stereocenters. The zero-order valence-electron chi connectivity index (χ0n) is 21.3. The normalized spacial score (nSPS) is 17.8. The Bertz CT molecular complexity index is 1040. The number of piperidine rings is 1. The second-order valence-electron chi connectivity index (χ2n) is 9.71. The van der Waals surface area contributed by atoms with E-state index in [1.54, 1.807) is 9.80 Å². The molecule has 2 fully saturated rings. The van der Waals surface area contributed by atoms with Crippen LogP contribution in [0.5, 0.6) is 0 Å². The van der Waals surface area contributed by atoms with Crippen LogP contribution in [0.2, 0.25) is 0 Å². The van der Waals surface area contributed by atoms with Crippen LogP contribution in [0.3, 0.4) is 0 Å². The number of hydrogen-bond donors (Lipinski definition) is 2. The Morgan fingerprint density at radius 1 is 1.00 bits per heavy atom. The molecule has 8 nitrogen and oxygen atoms in total. The van der Waals surface area contributed by atoms with Crippen LogP contribution in [-0.4, -0.2) is 66.0 Å². The molecule has 192 valence electrons. The van der Waals surface area contributed by atoms with Gasteiger partial charge in [0, 0.05) is 25.3 Å². The number of unbranched alkanes of at least 4 members (excludes halogenated alkanes) is 1. The zero-order chi connectivity index (χ0) is 25.5. The maximum absolute atomic E-state index is 13.8. The first-order valence-electron chi connectivity index (χ1n) is 12.9. The van der Waals surface area contributed by atoms with E-state index in [0.29, 0.717) is 39.1 Å². The van der Waals surface area contributed by atoms with Gasteiger partial charge in [-0.25, -0.2) is 4.79 Å². The van der Waals surface area contributed by atoms with Crippen LogP contribution < -0.4 is 15.5 Å². The molecule has 36 heavy (non-hydrogen) atoms. The van der Waals surface area contributed by atoms with Crippen molar-refractivity contribution in [2.45, 2.75) is 51.1 Å². The number of rotatable bonds is 8. The molecule has 0 radical (unpaired) electrons. The SMILES string of the molecule is CCCCNC(=O)N1CCC2(CC1)C(=O)N(CC(=O)NC(C)c1ccccc1)CN2c1ccccc1. The quantitative estimate of drug-likeness (QED) is 0.554. The Hall–Kier alpha value is -3.55. The Morgan fingerprint density at radius 3 is 2.28 bits per heavy atom. The van der Waals surface area contributed by atoms with Gasteiger partial charge in [0.05, 0.1) is 12.7 Å². The van der Waals surface area contributed by atoms with Crippen LogP contribution in [0.25, 0.3) is 0 Å². The first-order valence-corrected chi connectivity index (χ1v) is 12.9. The number of benzene rings is 2. The lowest BCUT2D eigenvalue weighted by Crippen LogP contribution is -2.58. The fourth-order valence-corrected chi connectivity index (χ4v) is 5.17. The number of urea groups is 1. The molecule has 2 saturated heterocycles. The number of para-hydroxylation sites is 1. The molecule has 0 aromatic heterocycles. The molecule has 2 aliphatic rings. The van der Waals surface area contributed by atoms with Crippen LogP contribution in [-0.2, 0) is 9.59 Å². The van der Waals surface area contributed by atoms with Gasteiger partial charge in [0.15, 0.2) is 0 Å². The van der Waals surface area contributed by atoms with Crippen molar-refractivity contribution in [3.05, 3.63) is 66.2 Å². The minimum absolute atomic E-state index is 0.00229. The maximum atomic E-state index is 13.8. The highest BCUT2D eigenvalue weighted by Crippen LogP contribution is 2.39. The summed E-state index contributed by atoms with van der Waals surface area (Å²) >= 11 is 0. The number of carbonyl (C=O) groups is 3. The third-order valence-electron chi connectivity index (χ3n) is 7.28. The average molecular weight is 492 g/mol. The maximum Gasteiger partial charge on any atom is 0.317 e. The Morgan fingerprint density at radius 2 is 1.64 bits per heavy atom. The molecule has 0 aliphatic carbocycles. The van der Waals surface area contributed by atoms with Crippen molar-refractivity contribution in [2.75, 3.05) is 37.7 Å². The summed E-state index contributed by atoms with van der Waals surface area (Å²) in [5.74, 6) is -0.225. The highest BCUT2D eigenvalue weighted by atomic mass is 16.2. The standard InChI is InChI=1S/C28H37N5O3/c1-3-4-17-29-27(36)31-18-15-28(16-19-31)26(35)32(21-33(28)24-13-9-6-10-14-24)20-25(34)30-22(2)23-11-7-5-8-12-23/h5-14,22H,3-4,15-21H2,1-2H3,(H,29,36)(H,30,34). The second kappa shape index (κ2) is 11.5. The van der Waals surface area contributed by atoms with Gasteiger partial charge in [-0.2, -0.15) is 0 Å². The van der Waals surface area contributed by atoms with Crippen molar-refractivity contribution in [2.24, 2.45) is 0 Å². The average Bonchev–Trinajstić information content (AvgIpc) is 3.16. The lowest BCUT2D eigenvalue weighted by molar-refractivity contribution is -0.137. The van der Waals surface area contributed by atoms with Crippen molar-refractivity contribution in [1.29, 1.82) is 0 Å². The monoisotopic (exact) mass is 491 g/mol. The van der Waals surface area contributed by atoms with Crippen LogP contribution in [0.1, 0.15) is 51.1 Å². The summed E-state index contributed by atoms with van der Waals surface area (Å²) in [6.07, 6.45) is 3.03. The number of anilines is 1. The van der Waals surface area contributed by atoms with Crippen LogP contribution >= 0.6 is 0 Å². The third kappa shape index (κ3) is 5.48. The van der Waals surface area contributed by atoms with Gasteiger partial charge in [-0.15, -0.1) is 0 Å². The molecule has 4 rings (SSSR count). The van der Waals surface area contributed by atoms with Crippen molar-refractivity contribution in [1.82, 2.24) is 20.4 Å². The third-order valence-corrected chi connectivity index (χ3v) is 7.28. The summed E-state index contributed by atoms with van der Waals surface area (Å²) in [7, 11) is 0. The Labute approximate surface area is 213 Å². The number of hydrogen-bond acceptors (Lipinski definition) is 4. The topological polar surface area (TPSA) is 85.0 Å². The molecule has 1 spiro atoms. The number of amides is 4. The molecule has 2 N–H and O–H groups in total. The summed E-state index contributed by atoms with van der Waals surface area (Å²) in [6, 6.07) is 19.4. The van der Waals surface area contributed by atoms with Gasteiger partial charge in [-0.3, -0.25) is 9.59 Å². The van der Waals surface area contributed by atoms with Gasteiger partial charge in [0.1, 0.15) is 12.1 Å². The summed E-state index contributed by atoms with van der Waals surface area (Å²) < 4.78 is 0.